The number of fused-ring (bicyclic) bond motifs is 1. The Morgan fingerprint density at radius 1 is 1.05 bits per heavy atom. The molecule has 11 heteroatoms. The highest BCUT2D eigenvalue weighted by molar-refractivity contribution is 6.34. The lowest BCUT2D eigenvalue weighted by Gasteiger charge is -2.19. The Labute approximate surface area is 220 Å². The van der Waals surface area contributed by atoms with Crippen LogP contribution in [-0.4, -0.2) is 37.2 Å². The molecule has 5 rings (SSSR count). The van der Waals surface area contributed by atoms with Crippen molar-refractivity contribution < 1.29 is 18.0 Å². The van der Waals surface area contributed by atoms with Gasteiger partial charge in [-0.1, -0.05) is 41.9 Å². The van der Waals surface area contributed by atoms with Gasteiger partial charge in [0.15, 0.2) is 0 Å². The first kappa shape index (κ1) is 25.5. The average molecular weight is 539 g/mol. The predicted molar refractivity (Wildman–Crippen MR) is 138 cm³/mol. The summed E-state index contributed by atoms with van der Waals surface area (Å²) >= 11 is 6.25. The summed E-state index contributed by atoms with van der Waals surface area (Å²) in [6.45, 7) is 3.98. The third kappa shape index (κ3) is 4.99. The quantitative estimate of drug-likeness (QED) is 0.278. The second-order valence-electron chi connectivity index (χ2n) is 8.97. The molecule has 194 valence electrons. The molecule has 0 aliphatic heterocycles. The monoisotopic (exact) mass is 538 g/mol. The Bertz CT molecular complexity index is 1570. The molecule has 1 amide bonds. The first-order valence-corrected chi connectivity index (χ1v) is 12.1. The van der Waals surface area contributed by atoms with Crippen LogP contribution in [0.15, 0.2) is 67.3 Å². The van der Waals surface area contributed by atoms with Crippen LogP contribution in [0.4, 0.5) is 13.2 Å². The first-order valence-electron chi connectivity index (χ1n) is 11.7. The van der Waals surface area contributed by atoms with Crippen LogP contribution in [0.3, 0.4) is 0 Å². The van der Waals surface area contributed by atoms with Crippen molar-refractivity contribution in [3.63, 3.8) is 0 Å². The van der Waals surface area contributed by atoms with E-state index >= 15 is 0 Å². The number of carbonyl (C=O) groups excluding carboxylic acids is 1. The lowest BCUT2D eigenvalue weighted by molar-refractivity contribution is -0.137. The van der Waals surface area contributed by atoms with Crippen molar-refractivity contribution in [1.29, 1.82) is 0 Å². The van der Waals surface area contributed by atoms with E-state index in [2.05, 4.69) is 20.5 Å². The SMILES string of the molecule is Cc1cc2nc([C@@H](CNC(=O)c3c(Cl)cc(-n4cnnc4)cc3C(F)(F)F)c3ccccc3)[nH]c2cc1C. The van der Waals surface area contributed by atoms with E-state index in [1.165, 1.54) is 23.3 Å². The maximum atomic E-state index is 14.0. The molecular weight excluding hydrogens is 517 g/mol. The number of aromatic amines is 1. The van der Waals surface area contributed by atoms with E-state index in [0.29, 0.717) is 5.82 Å². The number of hydrogen-bond donors (Lipinski definition) is 2. The Hall–Kier alpha value is -4.18. The van der Waals surface area contributed by atoms with Gasteiger partial charge in [-0.3, -0.25) is 9.36 Å². The van der Waals surface area contributed by atoms with Crippen LogP contribution in [0.25, 0.3) is 16.7 Å². The number of halogens is 4. The third-order valence-electron chi connectivity index (χ3n) is 6.44. The maximum Gasteiger partial charge on any atom is 0.417 e. The molecule has 0 spiro atoms. The number of alkyl halides is 3. The highest BCUT2D eigenvalue weighted by Crippen LogP contribution is 2.37. The number of nitrogens with one attached hydrogen (secondary N) is 2. The first-order chi connectivity index (χ1) is 18.1. The van der Waals surface area contributed by atoms with Gasteiger partial charge in [0.1, 0.15) is 18.5 Å². The smallest absolute Gasteiger partial charge is 0.351 e. The average Bonchev–Trinajstić information content (AvgIpc) is 3.54. The molecule has 0 bridgehead atoms. The zero-order valence-corrected chi connectivity index (χ0v) is 21.1. The number of nitrogens with zero attached hydrogens (tertiary/aromatic N) is 4. The van der Waals surface area contributed by atoms with E-state index in [4.69, 9.17) is 16.6 Å². The minimum absolute atomic E-state index is 0.0124. The van der Waals surface area contributed by atoms with E-state index in [0.717, 1.165) is 33.8 Å². The lowest BCUT2D eigenvalue weighted by atomic mass is 9.98. The highest BCUT2D eigenvalue weighted by atomic mass is 35.5. The minimum atomic E-state index is -4.83. The van der Waals surface area contributed by atoms with Crippen molar-refractivity contribution in [1.82, 2.24) is 30.0 Å². The Morgan fingerprint density at radius 3 is 2.42 bits per heavy atom. The molecule has 5 aromatic rings. The summed E-state index contributed by atoms with van der Waals surface area (Å²) in [7, 11) is 0. The molecule has 1 atom stereocenters. The van der Waals surface area contributed by atoms with E-state index in [9.17, 15) is 18.0 Å². The fourth-order valence-electron chi connectivity index (χ4n) is 4.33. The zero-order chi connectivity index (χ0) is 27.0. The van der Waals surface area contributed by atoms with Gasteiger partial charge in [0.25, 0.3) is 5.91 Å². The number of rotatable bonds is 6. The Morgan fingerprint density at radius 2 is 1.74 bits per heavy atom. The zero-order valence-electron chi connectivity index (χ0n) is 20.3. The number of aryl methyl sites for hydroxylation is 2. The lowest BCUT2D eigenvalue weighted by Crippen LogP contribution is -2.31. The molecule has 0 aliphatic carbocycles. The number of amides is 1. The van der Waals surface area contributed by atoms with Crippen LogP contribution in [0.5, 0.6) is 0 Å². The van der Waals surface area contributed by atoms with Crippen LogP contribution >= 0.6 is 11.6 Å². The molecule has 2 heterocycles. The topological polar surface area (TPSA) is 88.5 Å². The largest absolute Gasteiger partial charge is 0.417 e. The van der Waals surface area contributed by atoms with E-state index in [1.807, 2.05) is 56.3 Å². The van der Waals surface area contributed by atoms with Gasteiger partial charge < -0.3 is 10.3 Å². The van der Waals surface area contributed by atoms with E-state index in [-0.39, 0.29) is 17.3 Å². The molecular formula is C27H22ClF3N6O. The highest BCUT2D eigenvalue weighted by Gasteiger charge is 2.37. The van der Waals surface area contributed by atoms with Crippen molar-refractivity contribution >= 4 is 28.5 Å². The molecule has 0 fully saturated rings. The second kappa shape index (κ2) is 9.94. The maximum absolute atomic E-state index is 14.0. The van der Waals surface area contributed by atoms with Gasteiger partial charge in [-0.15, -0.1) is 10.2 Å². The van der Waals surface area contributed by atoms with Crippen LogP contribution in [0.2, 0.25) is 5.02 Å². The van der Waals surface area contributed by atoms with Crippen LogP contribution in [0, 0.1) is 13.8 Å². The number of aromatic nitrogens is 5. The predicted octanol–water partition coefficient (Wildman–Crippen LogP) is 5.99. The molecule has 0 aliphatic rings. The number of imidazole rings is 1. The molecule has 7 nitrogen and oxygen atoms in total. The molecule has 38 heavy (non-hydrogen) atoms. The minimum Gasteiger partial charge on any atom is -0.351 e. The van der Waals surface area contributed by atoms with Crippen molar-refractivity contribution in [2.24, 2.45) is 0 Å². The number of benzene rings is 3. The summed E-state index contributed by atoms with van der Waals surface area (Å²) in [4.78, 5) is 21.2. The summed E-state index contributed by atoms with van der Waals surface area (Å²) in [5.41, 5.74) is 2.90. The molecule has 0 saturated carbocycles. The summed E-state index contributed by atoms with van der Waals surface area (Å²) in [6, 6.07) is 15.4. The summed E-state index contributed by atoms with van der Waals surface area (Å²) in [5.74, 6) is -0.805. The number of H-pyrrole nitrogens is 1. The Kier molecular flexibility index (Phi) is 6.66. The molecule has 0 saturated heterocycles. The summed E-state index contributed by atoms with van der Waals surface area (Å²) in [5, 5.41) is 9.53. The van der Waals surface area contributed by atoms with Crippen LogP contribution in [-0.2, 0) is 6.18 Å². The third-order valence-corrected chi connectivity index (χ3v) is 6.74. The molecule has 2 N–H and O–H groups in total. The van der Waals surface area contributed by atoms with Crippen LogP contribution in [0.1, 0.15) is 44.4 Å². The van der Waals surface area contributed by atoms with Gasteiger partial charge >= 0.3 is 6.18 Å². The van der Waals surface area contributed by atoms with Gasteiger partial charge in [-0.25, -0.2) is 4.98 Å². The molecule has 0 radical (unpaired) electrons. The number of carbonyl (C=O) groups is 1. The van der Waals surface area contributed by atoms with Gasteiger partial charge in [0, 0.05) is 6.54 Å². The fraction of sp³-hybridized carbons (Fsp3) is 0.185. The summed E-state index contributed by atoms with van der Waals surface area (Å²) in [6.07, 6.45) is -2.34. The molecule has 3 aromatic carbocycles. The van der Waals surface area contributed by atoms with Crippen molar-refractivity contribution in [2.75, 3.05) is 6.54 Å². The van der Waals surface area contributed by atoms with Gasteiger partial charge in [0.2, 0.25) is 0 Å². The van der Waals surface area contributed by atoms with Crippen LogP contribution < -0.4 is 5.32 Å². The van der Waals surface area contributed by atoms with Crippen molar-refractivity contribution in [3.8, 4) is 5.69 Å². The second-order valence-corrected chi connectivity index (χ2v) is 9.37. The van der Waals surface area contributed by atoms with Gasteiger partial charge in [-0.2, -0.15) is 13.2 Å². The van der Waals surface area contributed by atoms with Gasteiger partial charge in [-0.05, 0) is 54.8 Å². The molecule has 2 aromatic heterocycles. The van der Waals surface area contributed by atoms with Crippen molar-refractivity contribution in [2.45, 2.75) is 25.9 Å². The van der Waals surface area contributed by atoms with Gasteiger partial charge in [0.05, 0.1) is 38.8 Å². The Balaban J connectivity index is 1.49. The molecule has 0 unspecified atom stereocenters. The van der Waals surface area contributed by atoms with E-state index in [1.54, 1.807) is 0 Å². The normalized spacial score (nSPS) is 12.6. The van der Waals surface area contributed by atoms with Crippen molar-refractivity contribution in [3.05, 3.63) is 106 Å². The standard InChI is InChI=1S/C27H22ClF3N6O/c1-15-8-22-23(9-16(15)2)36-25(35-22)19(17-6-4-3-5-7-17)12-32-26(38)24-20(27(29,30)31)10-18(11-21(24)28)37-13-33-34-14-37/h3-11,13-14,19H,12H2,1-2H3,(H,32,38)(H,35,36)/t19-/m0/s1. The van der Waals surface area contributed by atoms with E-state index < -0.39 is 29.1 Å². The fourth-order valence-corrected chi connectivity index (χ4v) is 4.62. The number of hydrogen-bond acceptors (Lipinski definition) is 4. The summed E-state index contributed by atoms with van der Waals surface area (Å²) < 4.78 is 43.4.